The summed E-state index contributed by atoms with van der Waals surface area (Å²) in [7, 11) is -2.72. The van der Waals surface area contributed by atoms with E-state index in [0.29, 0.717) is 12.2 Å². The highest BCUT2D eigenvalue weighted by Crippen LogP contribution is 2.32. The van der Waals surface area contributed by atoms with Crippen LogP contribution in [0.2, 0.25) is 0 Å². The van der Waals surface area contributed by atoms with Crippen molar-refractivity contribution < 1.29 is 22.3 Å². The van der Waals surface area contributed by atoms with Gasteiger partial charge < -0.3 is 9.64 Å². The van der Waals surface area contributed by atoms with E-state index in [1.165, 1.54) is 13.2 Å². The van der Waals surface area contributed by atoms with E-state index in [4.69, 9.17) is 4.74 Å². The average Bonchev–Trinajstić information content (AvgIpc) is 2.66. The number of halogens is 1. The second kappa shape index (κ2) is 7.79. The zero-order valence-corrected chi connectivity index (χ0v) is 16.8. The standard InChI is InChI=1S/C20H23FN2O4S/c1-13(2)20(24)23-10-4-5-14-11-16(7-8-17(14)23)22-28(25,26)19-12-15(21)6-9-18(19)27-3/h6-9,11-13,22H,4-5,10H2,1-3H3. The van der Waals surface area contributed by atoms with Crippen LogP contribution < -0.4 is 14.4 Å². The number of nitrogens with zero attached hydrogens (tertiary/aromatic N) is 1. The summed E-state index contributed by atoms with van der Waals surface area (Å²) in [5.41, 5.74) is 2.05. The van der Waals surface area contributed by atoms with Gasteiger partial charge in [-0.05, 0) is 54.8 Å². The number of nitrogens with one attached hydrogen (secondary N) is 1. The topological polar surface area (TPSA) is 75.7 Å². The van der Waals surface area contributed by atoms with Gasteiger partial charge in [0, 0.05) is 23.8 Å². The van der Waals surface area contributed by atoms with Crippen LogP contribution in [0.4, 0.5) is 15.8 Å². The maximum atomic E-state index is 13.6. The highest BCUT2D eigenvalue weighted by Gasteiger charge is 2.26. The van der Waals surface area contributed by atoms with Crippen LogP contribution in [-0.2, 0) is 21.2 Å². The predicted octanol–water partition coefficient (Wildman–Crippen LogP) is 3.57. The van der Waals surface area contributed by atoms with Crippen molar-refractivity contribution in [2.75, 3.05) is 23.3 Å². The van der Waals surface area contributed by atoms with Crippen molar-refractivity contribution in [3.05, 3.63) is 47.8 Å². The lowest BCUT2D eigenvalue weighted by Gasteiger charge is -2.31. The summed E-state index contributed by atoms with van der Waals surface area (Å²) < 4.78 is 46.6. The van der Waals surface area contributed by atoms with Gasteiger partial charge in [0.1, 0.15) is 16.5 Å². The minimum absolute atomic E-state index is 0.0405. The molecule has 0 saturated carbocycles. The molecule has 0 radical (unpaired) electrons. The number of hydrogen-bond donors (Lipinski definition) is 1. The monoisotopic (exact) mass is 406 g/mol. The first-order chi connectivity index (χ1) is 13.2. The number of aryl methyl sites for hydroxylation is 1. The van der Waals surface area contributed by atoms with Crippen molar-refractivity contribution in [2.45, 2.75) is 31.6 Å². The lowest BCUT2D eigenvalue weighted by atomic mass is 9.99. The quantitative estimate of drug-likeness (QED) is 0.824. The summed E-state index contributed by atoms with van der Waals surface area (Å²) in [5, 5.41) is 0. The van der Waals surface area contributed by atoms with E-state index < -0.39 is 15.8 Å². The third-order valence-corrected chi connectivity index (χ3v) is 6.03. The predicted molar refractivity (Wildman–Crippen MR) is 106 cm³/mol. The molecule has 0 bridgehead atoms. The number of carbonyl (C=O) groups excluding carboxylic acids is 1. The summed E-state index contributed by atoms with van der Waals surface area (Å²) >= 11 is 0. The fraction of sp³-hybridized carbons (Fsp3) is 0.350. The van der Waals surface area contributed by atoms with E-state index in [1.54, 1.807) is 23.1 Å². The number of fused-ring (bicyclic) bond motifs is 1. The zero-order valence-electron chi connectivity index (χ0n) is 16.0. The maximum absolute atomic E-state index is 13.6. The first-order valence-electron chi connectivity index (χ1n) is 9.03. The number of carbonyl (C=O) groups is 1. The molecule has 0 atom stereocenters. The molecule has 3 rings (SSSR count). The summed E-state index contributed by atoms with van der Waals surface area (Å²) in [6.45, 7) is 4.35. The highest BCUT2D eigenvalue weighted by molar-refractivity contribution is 7.92. The Balaban J connectivity index is 1.92. The number of methoxy groups -OCH3 is 1. The number of ether oxygens (including phenoxy) is 1. The van der Waals surface area contributed by atoms with Crippen LogP contribution >= 0.6 is 0 Å². The van der Waals surface area contributed by atoms with Gasteiger partial charge in [-0.2, -0.15) is 0 Å². The molecule has 1 amide bonds. The molecule has 0 saturated heterocycles. The summed E-state index contributed by atoms with van der Waals surface area (Å²) in [4.78, 5) is 13.9. The number of rotatable bonds is 5. The van der Waals surface area contributed by atoms with Crippen LogP contribution in [-0.4, -0.2) is 28.0 Å². The SMILES string of the molecule is COc1ccc(F)cc1S(=O)(=O)Nc1ccc2c(c1)CCCN2C(=O)C(C)C. The Morgan fingerprint density at radius 3 is 2.64 bits per heavy atom. The van der Waals surface area contributed by atoms with E-state index in [-0.39, 0.29) is 22.5 Å². The third-order valence-electron chi connectivity index (χ3n) is 4.63. The van der Waals surface area contributed by atoms with Gasteiger partial charge in [-0.25, -0.2) is 12.8 Å². The van der Waals surface area contributed by atoms with Crippen molar-refractivity contribution in [2.24, 2.45) is 5.92 Å². The summed E-state index contributed by atoms with van der Waals surface area (Å²) in [6, 6.07) is 8.40. The van der Waals surface area contributed by atoms with Crippen LogP contribution in [0.5, 0.6) is 5.75 Å². The average molecular weight is 406 g/mol. The molecule has 0 unspecified atom stereocenters. The Bertz CT molecular complexity index is 1010. The third kappa shape index (κ3) is 3.96. The van der Waals surface area contributed by atoms with Crippen molar-refractivity contribution in [3.63, 3.8) is 0 Å². The Kier molecular flexibility index (Phi) is 5.60. The second-order valence-electron chi connectivity index (χ2n) is 6.99. The van der Waals surface area contributed by atoms with Crippen LogP contribution in [0, 0.1) is 11.7 Å². The molecule has 28 heavy (non-hydrogen) atoms. The molecule has 8 heteroatoms. The number of sulfonamides is 1. The number of benzene rings is 2. The first kappa shape index (κ1) is 20.1. The van der Waals surface area contributed by atoms with Gasteiger partial charge in [0.25, 0.3) is 10.0 Å². The molecule has 0 aliphatic carbocycles. The molecule has 1 aliphatic rings. The van der Waals surface area contributed by atoms with Gasteiger partial charge in [-0.15, -0.1) is 0 Å². The Labute approximate surface area is 164 Å². The van der Waals surface area contributed by atoms with E-state index in [9.17, 15) is 17.6 Å². The second-order valence-corrected chi connectivity index (χ2v) is 8.64. The number of anilines is 2. The molecular formula is C20H23FN2O4S. The van der Waals surface area contributed by atoms with Gasteiger partial charge in [-0.1, -0.05) is 13.8 Å². The summed E-state index contributed by atoms with van der Waals surface area (Å²) in [6.07, 6.45) is 1.55. The van der Waals surface area contributed by atoms with Gasteiger partial charge in [0.05, 0.1) is 7.11 Å². The lowest BCUT2D eigenvalue weighted by Crippen LogP contribution is -2.38. The maximum Gasteiger partial charge on any atom is 0.265 e. The molecule has 2 aromatic rings. The molecule has 6 nitrogen and oxygen atoms in total. The van der Waals surface area contributed by atoms with Crippen molar-refractivity contribution in [1.82, 2.24) is 0 Å². The Hall–Kier alpha value is -2.61. The molecular weight excluding hydrogens is 383 g/mol. The minimum atomic E-state index is -4.04. The van der Waals surface area contributed by atoms with Crippen molar-refractivity contribution in [3.8, 4) is 5.75 Å². The van der Waals surface area contributed by atoms with Gasteiger partial charge in [0.2, 0.25) is 5.91 Å². The van der Waals surface area contributed by atoms with Gasteiger partial charge >= 0.3 is 0 Å². The molecule has 1 aliphatic heterocycles. The normalized spacial score (nSPS) is 14.0. The van der Waals surface area contributed by atoms with Crippen LogP contribution in [0.3, 0.4) is 0 Å². The fourth-order valence-electron chi connectivity index (χ4n) is 3.27. The van der Waals surface area contributed by atoms with E-state index >= 15 is 0 Å². The minimum Gasteiger partial charge on any atom is -0.495 e. The van der Waals surface area contributed by atoms with E-state index in [1.807, 2.05) is 13.8 Å². The van der Waals surface area contributed by atoms with Crippen molar-refractivity contribution in [1.29, 1.82) is 0 Å². The van der Waals surface area contributed by atoms with Crippen LogP contribution in [0.1, 0.15) is 25.8 Å². The molecule has 1 heterocycles. The van der Waals surface area contributed by atoms with E-state index in [2.05, 4.69) is 4.72 Å². The molecule has 2 aromatic carbocycles. The Morgan fingerprint density at radius 2 is 1.96 bits per heavy atom. The molecule has 0 spiro atoms. The zero-order chi connectivity index (χ0) is 20.5. The first-order valence-corrected chi connectivity index (χ1v) is 10.5. The Morgan fingerprint density at radius 1 is 1.21 bits per heavy atom. The number of amides is 1. The largest absolute Gasteiger partial charge is 0.495 e. The van der Waals surface area contributed by atoms with Gasteiger partial charge in [-0.3, -0.25) is 9.52 Å². The number of hydrogen-bond acceptors (Lipinski definition) is 4. The molecule has 150 valence electrons. The molecule has 0 fully saturated rings. The highest BCUT2D eigenvalue weighted by atomic mass is 32.2. The van der Waals surface area contributed by atoms with Crippen LogP contribution in [0.15, 0.2) is 41.3 Å². The van der Waals surface area contributed by atoms with Crippen molar-refractivity contribution >= 4 is 27.3 Å². The van der Waals surface area contributed by atoms with Gasteiger partial charge in [0.15, 0.2) is 0 Å². The van der Waals surface area contributed by atoms with E-state index in [0.717, 1.165) is 36.2 Å². The fourth-order valence-corrected chi connectivity index (χ4v) is 4.50. The molecule has 1 N–H and O–H groups in total. The molecule has 0 aromatic heterocycles. The van der Waals surface area contributed by atoms with Crippen LogP contribution in [0.25, 0.3) is 0 Å². The summed E-state index contributed by atoms with van der Waals surface area (Å²) in [5.74, 6) is -0.696. The smallest absolute Gasteiger partial charge is 0.265 e. The lowest BCUT2D eigenvalue weighted by molar-refractivity contribution is -0.121.